The van der Waals surface area contributed by atoms with Crippen LogP contribution in [0.3, 0.4) is 0 Å². The highest BCUT2D eigenvalue weighted by Crippen LogP contribution is 2.45. The van der Waals surface area contributed by atoms with Gasteiger partial charge in [-0.1, -0.05) is 50.8 Å². The van der Waals surface area contributed by atoms with Gasteiger partial charge in [0.05, 0.1) is 5.52 Å². The van der Waals surface area contributed by atoms with E-state index in [-0.39, 0.29) is 0 Å². The summed E-state index contributed by atoms with van der Waals surface area (Å²) in [7, 11) is 0. The van der Waals surface area contributed by atoms with Crippen LogP contribution in [-0.4, -0.2) is 9.97 Å². The van der Waals surface area contributed by atoms with Gasteiger partial charge in [0.25, 0.3) is 0 Å². The quantitative estimate of drug-likeness (QED) is 0.572. The minimum absolute atomic E-state index is 0.449. The molecular formula is C26H25N3. The lowest BCUT2D eigenvalue weighted by atomic mass is 9.80. The van der Waals surface area contributed by atoms with E-state index in [0.29, 0.717) is 17.7 Å². The second-order valence-electron chi connectivity index (χ2n) is 8.31. The van der Waals surface area contributed by atoms with E-state index in [1.165, 1.54) is 33.4 Å². The standard InChI is InChI=1S/C26H25N3/c1-4-17-8-9-18-11-19-12-24-23(26(27)29-14-28-24)13-21(19)20-7-5-6-15(2)16(3)25(20)22(18)10-17/h4-5,7-10,12-16H,1,6,11H2,2-3H3,(H2,27,28,29). The van der Waals surface area contributed by atoms with Crippen LogP contribution >= 0.6 is 0 Å². The Hall–Kier alpha value is -3.20. The lowest BCUT2D eigenvalue weighted by Crippen LogP contribution is -2.10. The number of nitrogens with two attached hydrogens (primary N) is 1. The number of allylic oxidation sites excluding steroid dienone is 4. The van der Waals surface area contributed by atoms with Crippen LogP contribution in [0.2, 0.25) is 0 Å². The molecule has 29 heavy (non-hydrogen) atoms. The summed E-state index contributed by atoms with van der Waals surface area (Å²) in [5.74, 6) is 1.56. The fraction of sp³-hybridized carbons (Fsp3) is 0.231. The Morgan fingerprint density at radius 1 is 1.07 bits per heavy atom. The number of aromatic nitrogens is 2. The molecule has 3 heteroatoms. The second kappa shape index (κ2) is 6.70. The molecule has 0 spiro atoms. The number of anilines is 1. The summed E-state index contributed by atoms with van der Waals surface area (Å²) < 4.78 is 0. The first-order valence-corrected chi connectivity index (χ1v) is 10.3. The van der Waals surface area contributed by atoms with Gasteiger partial charge in [-0.3, -0.25) is 0 Å². The van der Waals surface area contributed by atoms with E-state index in [9.17, 15) is 0 Å². The summed E-state index contributed by atoms with van der Waals surface area (Å²) >= 11 is 0. The highest BCUT2D eigenvalue weighted by atomic mass is 14.9. The van der Waals surface area contributed by atoms with Gasteiger partial charge in [-0.25, -0.2) is 9.97 Å². The van der Waals surface area contributed by atoms with Crippen LogP contribution in [0.5, 0.6) is 0 Å². The van der Waals surface area contributed by atoms with Crippen molar-refractivity contribution in [2.24, 2.45) is 11.8 Å². The van der Waals surface area contributed by atoms with E-state index in [1.807, 2.05) is 6.08 Å². The van der Waals surface area contributed by atoms with Crippen LogP contribution in [0.4, 0.5) is 5.82 Å². The second-order valence-corrected chi connectivity index (χ2v) is 8.31. The van der Waals surface area contributed by atoms with E-state index in [1.54, 1.807) is 6.33 Å². The first-order chi connectivity index (χ1) is 14.1. The summed E-state index contributed by atoms with van der Waals surface area (Å²) in [4.78, 5) is 8.69. The van der Waals surface area contributed by atoms with Crippen LogP contribution in [-0.2, 0) is 6.42 Å². The monoisotopic (exact) mass is 379 g/mol. The molecule has 0 saturated heterocycles. The first-order valence-electron chi connectivity index (χ1n) is 10.3. The predicted octanol–water partition coefficient (Wildman–Crippen LogP) is 5.90. The third kappa shape index (κ3) is 2.80. The third-order valence-corrected chi connectivity index (χ3v) is 6.61. The first kappa shape index (κ1) is 17.9. The minimum Gasteiger partial charge on any atom is -0.383 e. The lowest BCUT2D eigenvalue weighted by molar-refractivity contribution is 0.480. The lowest BCUT2D eigenvalue weighted by Gasteiger charge is -2.24. The molecule has 0 bridgehead atoms. The summed E-state index contributed by atoms with van der Waals surface area (Å²) in [5, 5.41) is 0.925. The topological polar surface area (TPSA) is 51.8 Å². The molecule has 2 aromatic carbocycles. The average molecular weight is 380 g/mol. The maximum Gasteiger partial charge on any atom is 0.134 e. The smallest absolute Gasteiger partial charge is 0.134 e. The molecule has 144 valence electrons. The molecule has 5 rings (SSSR count). The van der Waals surface area contributed by atoms with E-state index in [0.717, 1.165) is 29.3 Å². The molecule has 2 unspecified atom stereocenters. The molecule has 0 amide bonds. The molecule has 3 nitrogen and oxygen atoms in total. The van der Waals surface area contributed by atoms with Crippen LogP contribution in [0, 0.1) is 11.8 Å². The van der Waals surface area contributed by atoms with Crippen molar-refractivity contribution in [2.75, 3.05) is 5.73 Å². The van der Waals surface area contributed by atoms with E-state index >= 15 is 0 Å². The van der Waals surface area contributed by atoms with Gasteiger partial charge in [-0.15, -0.1) is 0 Å². The third-order valence-electron chi connectivity index (χ3n) is 6.61. The minimum atomic E-state index is 0.449. The molecule has 2 aliphatic rings. The highest BCUT2D eigenvalue weighted by molar-refractivity contribution is 6.02. The SMILES string of the molecule is C=Cc1ccc2c(c1)C1=C(C=CCC(C)C1C)c1cc3c(N)ncnc3cc1C2. The van der Waals surface area contributed by atoms with Gasteiger partial charge in [-0.05, 0) is 81.8 Å². The maximum atomic E-state index is 6.20. The molecule has 0 fully saturated rings. The van der Waals surface area contributed by atoms with Gasteiger partial charge < -0.3 is 5.73 Å². The Morgan fingerprint density at radius 2 is 1.93 bits per heavy atom. The Labute approximate surface area is 171 Å². The highest BCUT2D eigenvalue weighted by Gasteiger charge is 2.28. The largest absolute Gasteiger partial charge is 0.383 e. The van der Waals surface area contributed by atoms with E-state index < -0.39 is 0 Å². The summed E-state index contributed by atoms with van der Waals surface area (Å²) in [6.45, 7) is 8.70. The Bertz CT molecular complexity index is 1220. The summed E-state index contributed by atoms with van der Waals surface area (Å²) in [6.07, 6.45) is 10.1. The van der Waals surface area contributed by atoms with Crippen molar-refractivity contribution in [3.63, 3.8) is 0 Å². The molecule has 3 aromatic rings. The average Bonchev–Trinajstić information content (AvgIpc) is 2.95. The van der Waals surface area contributed by atoms with Crippen molar-refractivity contribution in [3.05, 3.63) is 83.2 Å². The number of nitrogen functional groups attached to an aromatic ring is 1. The number of fused-ring (bicyclic) bond motifs is 5. The number of nitrogens with zero attached hydrogens (tertiary/aromatic N) is 2. The predicted molar refractivity (Wildman–Crippen MR) is 122 cm³/mol. The molecule has 2 aliphatic carbocycles. The molecule has 0 aliphatic heterocycles. The van der Waals surface area contributed by atoms with Crippen molar-refractivity contribution < 1.29 is 0 Å². The number of hydrogen-bond acceptors (Lipinski definition) is 3. The molecule has 2 atom stereocenters. The van der Waals surface area contributed by atoms with Crippen molar-refractivity contribution in [1.29, 1.82) is 0 Å². The molecule has 2 N–H and O–H groups in total. The molecule has 1 heterocycles. The van der Waals surface area contributed by atoms with Gasteiger partial charge in [0.15, 0.2) is 0 Å². The van der Waals surface area contributed by atoms with E-state index in [2.05, 4.69) is 72.9 Å². The van der Waals surface area contributed by atoms with Crippen molar-refractivity contribution in [1.82, 2.24) is 9.97 Å². The maximum absolute atomic E-state index is 6.20. The number of hydrogen-bond donors (Lipinski definition) is 1. The van der Waals surface area contributed by atoms with Gasteiger partial charge in [0.1, 0.15) is 12.1 Å². The van der Waals surface area contributed by atoms with Crippen molar-refractivity contribution >= 4 is 33.9 Å². The Balaban J connectivity index is 1.89. The Kier molecular flexibility index (Phi) is 4.13. The van der Waals surface area contributed by atoms with Crippen LogP contribution in [0.25, 0.3) is 28.1 Å². The summed E-state index contributed by atoms with van der Waals surface area (Å²) in [5.41, 5.74) is 16.3. The molecular weight excluding hydrogens is 354 g/mol. The zero-order chi connectivity index (χ0) is 20.1. The molecule has 0 radical (unpaired) electrons. The van der Waals surface area contributed by atoms with Crippen LogP contribution in [0.15, 0.2) is 55.4 Å². The van der Waals surface area contributed by atoms with Gasteiger partial charge >= 0.3 is 0 Å². The fourth-order valence-corrected chi connectivity index (χ4v) is 4.74. The summed E-state index contributed by atoms with van der Waals surface area (Å²) in [6, 6.07) is 11.1. The molecule has 1 aromatic heterocycles. The number of rotatable bonds is 1. The van der Waals surface area contributed by atoms with Gasteiger partial charge in [0, 0.05) is 5.39 Å². The Morgan fingerprint density at radius 3 is 2.76 bits per heavy atom. The van der Waals surface area contributed by atoms with E-state index in [4.69, 9.17) is 5.73 Å². The number of benzene rings is 2. The van der Waals surface area contributed by atoms with Crippen molar-refractivity contribution in [2.45, 2.75) is 26.7 Å². The van der Waals surface area contributed by atoms with Gasteiger partial charge in [-0.2, -0.15) is 0 Å². The van der Waals surface area contributed by atoms with Crippen LogP contribution < -0.4 is 5.73 Å². The van der Waals surface area contributed by atoms with Crippen molar-refractivity contribution in [3.8, 4) is 0 Å². The fourth-order valence-electron chi connectivity index (χ4n) is 4.74. The molecule has 0 saturated carbocycles. The normalized spacial score (nSPS) is 20.5. The zero-order valence-electron chi connectivity index (χ0n) is 16.9. The van der Waals surface area contributed by atoms with Gasteiger partial charge in [0.2, 0.25) is 0 Å². The van der Waals surface area contributed by atoms with Crippen LogP contribution in [0.1, 0.15) is 48.1 Å². The zero-order valence-corrected chi connectivity index (χ0v) is 16.9.